The molecular weight excluding hydrogens is 661 g/mol. The lowest BCUT2D eigenvalue weighted by Gasteiger charge is -2.12. The van der Waals surface area contributed by atoms with Crippen LogP contribution >= 0.6 is 0 Å². The molecule has 0 fully saturated rings. The van der Waals surface area contributed by atoms with E-state index < -0.39 is 0 Å². The van der Waals surface area contributed by atoms with Gasteiger partial charge in [0.15, 0.2) is 11.6 Å². The van der Waals surface area contributed by atoms with Crippen LogP contribution in [0.15, 0.2) is 168 Å². The largest absolute Gasteiger partial charge is 0.455 e. The third-order valence-electron chi connectivity index (χ3n) is 10.5. The van der Waals surface area contributed by atoms with Crippen molar-refractivity contribution >= 4 is 43.7 Å². The van der Waals surface area contributed by atoms with Crippen molar-refractivity contribution in [3.63, 3.8) is 0 Å². The number of hydrogen-bond acceptors (Lipinski definition) is 4. The summed E-state index contributed by atoms with van der Waals surface area (Å²) in [7, 11) is 0. The first-order valence-corrected chi connectivity index (χ1v) is 18.7. The van der Waals surface area contributed by atoms with E-state index in [-0.39, 0.29) is 0 Å². The average molecular weight is 697 g/mol. The molecule has 0 amide bonds. The highest BCUT2D eigenvalue weighted by molar-refractivity contribution is 6.12. The lowest BCUT2D eigenvalue weighted by Crippen LogP contribution is -2.06. The second-order valence-corrected chi connectivity index (χ2v) is 13.9. The van der Waals surface area contributed by atoms with Crippen LogP contribution in [0.3, 0.4) is 0 Å². The van der Waals surface area contributed by atoms with Crippen LogP contribution in [0.2, 0.25) is 0 Å². The second kappa shape index (κ2) is 13.3. The number of nitrogens with zero attached hydrogens (tertiary/aromatic N) is 4. The minimum absolute atomic E-state index is 0.566. The Labute approximate surface area is 313 Å². The molecule has 0 atom stereocenters. The van der Waals surface area contributed by atoms with Crippen LogP contribution in [-0.4, -0.2) is 19.5 Å². The Bertz CT molecular complexity index is 2960. The van der Waals surface area contributed by atoms with Crippen LogP contribution < -0.4 is 0 Å². The summed E-state index contributed by atoms with van der Waals surface area (Å²) in [5, 5.41) is 4.48. The van der Waals surface area contributed by atoms with E-state index in [0.717, 1.165) is 78.0 Å². The Morgan fingerprint density at radius 2 is 1.09 bits per heavy atom. The van der Waals surface area contributed by atoms with E-state index in [9.17, 15) is 0 Å². The summed E-state index contributed by atoms with van der Waals surface area (Å²) in [6.07, 6.45) is 3.53. The summed E-state index contributed by atoms with van der Waals surface area (Å²) in [4.78, 5) is 15.4. The summed E-state index contributed by atoms with van der Waals surface area (Å²) < 4.78 is 8.65. The van der Waals surface area contributed by atoms with Crippen molar-refractivity contribution in [1.29, 1.82) is 0 Å². The third-order valence-corrected chi connectivity index (χ3v) is 10.5. The molecule has 0 spiro atoms. The molecule has 0 saturated heterocycles. The third kappa shape index (κ3) is 5.53. The molecule has 3 aromatic heterocycles. The van der Waals surface area contributed by atoms with E-state index in [1.807, 2.05) is 42.5 Å². The minimum Gasteiger partial charge on any atom is -0.455 e. The van der Waals surface area contributed by atoms with Gasteiger partial charge in [-0.05, 0) is 53.3 Å². The number of unbranched alkanes of at least 4 members (excludes halogenated alkanes) is 1. The molecule has 5 nitrogen and oxygen atoms in total. The van der Waals surface area contributed by atoms with Gasteiger partial charge in [0.25, 0.3) is 0 Å². The van der Waals surface area contributed by atoms with E-state index in [1.54, 1.807) is 0 Å². The van der Waals surface area contributed by atoms with Crippen LogP contribution in [-0.2, 0) is 6.42 Å². The monoisotopic (exact) mass is 696 g/mol. The molecule has 0 bridgehead atoms. The van der Waals surface area contributed by atoms with Crippen molar-refractivity contribution in [2.75, 3.05) is 0 Å². The summed E-state index contributed by atoms with van der Waals surface area (Å²) in [5.74, 6) is 1.81. The highest BCUT2D eigenvalue weighted by atomic mass is 16.3. The van der Waals surface area contributed by atoms with Gasteiger partial charge in [0, 0.05) is 38.2 Å². The number of fused-ring (bicyclic) bond motifs is 6. The van der Waals surface area contributed by atoms with E-state index in [0.29, 0.717) is 17.6 Å². The zero-order valence-corrected chi connectivity index (χ0v) is 29.9. The van der Waals surface area contributed by atoms with Crippen LogP contribution in [0.25, 0.3) is 94.7 Å². The Morgan fingerprint density at radius 1 is 0.481 bits per heavy atom. The highest BCUT2D eigenvalue weighted by Crippen LogP contribution is 2.39. The van der Waals surface area contributed by atoms with Gasteiger partial charge in [-0.15, -0.1) is 0 Å². The highest BCUT2D eigenvalue weighted by Gasteiger charge is 2.20. The molecule has 3 heterocycles. The van der Waals surface area contributed by atoms with E-state index in [1.165, 1.54) is 24.0 Å². The molecule has 10 aromatic rings. The van der Waals surface area contributed by atoms with Crippen molar-refractivity contribution in [3.05, 3.63) is 169 Å². The number of furan rings is 1. The molecule has 258 valence electrons. The molecule has 5 heteroatoms. The maximum absolute atomic E-state index is 6.47. The number of aromatic nitrogens is 4. The molecule has 0 N–H and O–H groups in total. The lowest BCUT2D eigenvalue weighted by atomic mass is 10.0. The van der Waals surface area contributed by atoms with Crippen molar-refractivity contribution in [3.8, 4) is 51.0 Å². The molecule has 0 aliphatic rings. The zero-order valence-electron chi connectivity index (χ0n) is 29.9. The zero-order chi connectivity index (χ0) is 36.0. The number of para-hydroxylation sites is 3. The van der Waals surface area contributed by atoms with Gasteiger partial charge in [-0.3, -0.25) is 4.57 Å². The normalized spacial score (nSPS) is 11.6. The maximum atomic E-state index is 6.47. The predicted octanol–water partition coefficient (Wildman–Crippen LogP) is 12.9. The topological polar surface area (TPSA) is 56.7 Å². The van der Waals surface area contributed by atoms with Crippen LogP contribution in [0.5, 0.6) is 0 Å². The molecule has 0 radical (unpaired) electrons. The standard InChI is InChI=1S/C49H36N4O/c1-2-3-12-32-21-23-33(24-22-32)34-25-27-36(28-26-34)48-50-47(35-13-5-4-6-14-35)51-49(52-48)53-43-19-9-7-15-39(43)40-30-29-37(31-44(40)53)38-17-11-18-42-41-16-8-10-20-45(41)54-46(38)42/h4-11,13-31H,2-3,12H2,1H3. The van der Waals surface area contributed by atoms with E-state index in [2.05, 4.69) is 133 Å². The average Bonchev–Trinajstić information content (AvgIpc) is 3.79. The van der Waals surface area contributed by atoms with Gasteiger partial charge in [0.05, 0.1) is 11.0 Å². The number of aryl methyl sites for hydroxylation is 1. The fraction of sp³-hybridized carbons (Fsp3) is 0.0816. The molecule has 0 aliphatic heterocycles. The molecule has 54 heavy (non-hydrogen) atoms. The quantitative estimate of drug-likeness (QED) is 0.159. The van der Waals surface area contributed by atoms with Crippen molar-refractivity contribution < 1.29 is 4.42 Å². The number of benzene rings is 7. The number of rotatable bonds is 8. The molecule has 7 aromatic carbocycles. The fourth-order valence-corrected chi connectivity index (χ4v) is 7.69. The Morgan fingerprint density at radius 3 is 1.87 bits per heavy atom. The van der Waals surface area contributed by atoms with E-state index >= 15 is 0 Å². The van der Waals surface area contributed by atoms with Gasteiger partial charge in [-0.25, -0.2) is 4.98 Å². The lowest BCUT2D eigenvalue weighted by molar-refractivity contribution is 0.670. The Kier molecular flexibility index (Phi) is 7.84. The van der Waals surface area contributed by atoms with E-state index in [4.69, 9.17) is 19.4 Å². The number of hydrogen-bond donors (Lipinski definition) is 0. The van der Waals surface area contributed by atoms with Crippen molar-refractivity contribution in [1.82, 2.24) is 19.5 Å². The van der Waals surface area contributed by atoms with Gasteiger partial charge < -0.3 is 4.42 Å². The van der Waals surface area contributed by atoms with Gasteiger partial charge >= 0.3 is 0 Å². The Balaban J connectivity index is 1.13. The smallest absolute Gasteiger partial charge is 0.238 e. The van der Waals surface area contributed by atoms with Crippen LogP contribution in [0.1, 0.15) is 25.3 Å². The van der Waals surface area contributed by atoms with Gasteiger partial charge in [-0.1, -0.05) is 159 Å². The van der Waals surface area contributed by atoms with Gasteiger partial charge in [-0.2, -0.15) is 9.97 Å². The predicted molar refractivity (Wildman–Crippen MR) is 222 cm³/mol. The molecule has 10 rings (SSSR count). The molecule has 0 unspecified atom stereocenters. The molecule has 0 saturated carbocycles. The first-order chi connectivity index (χ1) is 26.7. The first-order valence-electron chi connectivity index (χ1n) is 18.7. The minimum atomic E-state index is 0.566. The summed E-state index contributed by atoms with van der Waals surface area (Å²) in [6, 6.07) is 57.4. The fourth-order valence-electron chi connectivity index (χ4n) is 7.69. The first kappa shape index (κ1) is 31.9. The van der Waals surface area contributed by atoms with Crippen LogP contribution in [0, 0.1) is 0 Å². The van der Waals surface area contributed by atoms with Gasteiger partial charge in [0.1, 0.15) is 11.2 Å². The van der Waals surface area contributed by atoms with Crippen molar-refractivity contribution in [2.45, 2.75) is 26.2 Å². The summed E-state index contributed by atoms with van der Waals surface area (Å²) in [6.45, 7) is 2.23. The molecular formula is C49H36N4O. The molecule has 0 aliphatic carbocycles. The summed E-state index contributed by atoms with van der Waals surface area (Å²) in [5.41, 5.74) is 11.5. The van der Waals surface area contributed by atoms with Crippen molar-refractivity contribution in [2.24, 2.45) is 0 Å². The van der Waals surface area contributed by atoms with Crippen LogP contribution in [0.4, 0.5) is 0 Å². The maximum Gasteiger partial charge on any atom is 0.238 e. The Hall–Kier alpha value is -6.85. The SMILES string of the molecule is CCCCc1ccc(-c2ccc(-c3nc(-c4ccccc4)nc(-n4c5ccccc5c5ccc(-c6cccc7c6oc6ccccc67)cc54)n3)cc2)cc1. The second-order valence-electron chi connectivity index (χ2n) is 13.9. The van der Waals surface area contributed by atoms with Gasteiger partial charge in [0.2, 0.25) is 5.95 Å². The summed E-state index contributed by atoms with van der Waals surface area (Å²) >= 11 is 0.